The highest BCUT2D eigenvalue weighted by Gasteiger charge is 2.15. The average molecular weight is 484 g/mol. The molecule has 0 fully saturated rings. The van der Waals surface area contributed by atoms with Crippen molar-refractivity contribution in [3.63, 3.8) is 0 Å². The molecule has 0 spiro atoms. The normalized spacial score (nSPS) is 11.5. The predicted octanol–water partition coefficient (Wildman–Crippen LogP) is 8.11. The van der Waals surface area contributed by atoms with Crippen molar-refractivity contribution in [2.75, 3.05) is 7.11 Å². The van der Waals surface area contributed by atoms with Crippen LogP contribution in [-0.2, 0) is 16.2 Å². The van der Waals surface area contributed by atoms with Crippen LogP contribution in [0.3, 0.4) is 0 Å². The first-order valence-electron chi connectivity index (χ1n) is 11.6. The van der Waals surface area contributed by atoms with Gasteiger partial charge in [-0.25, -0.2) is 0 Å². The summed E-state index contributed by atoms with van der Waals surface area (Å²) in [4.78, 5) is 12.3. The van der Waals surface area contributed by atoms with Gasteiger partial charge in [-0.05, 0) is 57.6 Å². The zero-order chi connectivity index (χ0) is 26.2. The summed E-state index contributed by atoms with van der Waals surface area (Å²) >= 11 is 5.79. The fraction of sp³-hybridized carbons (Fsp3) is 0.483. The number of methoxy groups -OCH3 is 1. The maximum absolute atomic E-state index is 5.79. The Hall–Kier alpha value is -2.46. The van der Waals surface area contributed by atoms with Gasteiger partial charge in [0, 0.05) is 31.0 Å². The van der Waals surface area contributed by atoms with Crippen LogP contribution in [-0.4, -0.2) is 22.1 Å². The molecule has 0 N–H and O–H groups in total. The largest absolute Gasteiger partial charge is 0.495 e. The Morgan fingerprint density at radius 2 is 1.00 bits per heavy atom. The van der Waals surface area contributed by atoms with Gasteiger partial charge in [0.25, 0.3) is 0 Å². The summed E-state index contributed by atoms with van der Waals surface area (Å²) in [7, 11) is 1.66. The van der Waals surface area contributed by atoms with Crippen LogP contribution < -0.4 is 4.74 Å². The molecule has 0 bridgehead atoms. The first-order valence-corrected chi connectivity index (χ1v) is 11.9. The predicted molar refractivity (Wildman–Crippen MR) is 145 cm³/mol. The Bertz CT molecular complexity index is 973. The maximum atomic E-state index is 5.79. The summed E-state index contributed by atoms with van der Waals surface area (Å²) < 4.78 is 5.09. The van der Waals surface area contributed by atoms with Gasteiger partial charge in [0.2, 0.25) is 0 Å². The molecule has 0 aromatic carbocycles. The van der Waals surface area contributed by atoms with Crippen LogP contribution >= 0.6 is 11.6 Å². The van der Waals surface area contributed by atoms with Crippen LogP contribution in [0.1, 0.15) is 84.6 Å². The maximum Gasteiger partial charge on any atom is 0.137 e. The first kappa shape index (κ1) is 29.6. The molecule has 4 nitrogen and oxygen atoms in total. The molecule has 0 aliphatic carbocycles. The van der Waals surface area contributed by atoms with E-state index in [-0.39, 0.29) is 16.2 Å². The molecule has 5 heteroatoms. The summed E-state index contributed by atoms with van der Waals surface area (Å²) in [5.41, 5.74) is 5.40. The number of nitrogens with zero attached hydrogens (tertiary/aromatic N) is 3. The minimum atomic E-state index is 0.137. The molecule has 0 unspecified atom stereocenters. The summed E-state index contributed by atoms with van der Waals surface area (Å²) in [6.07, 6.45) is 10.9. The van der Waals surface area contributed by atoms with E-state index < -0.39 is 0 Å². The van der Waals surface area contributed by atoms with Gasteiger partial charge in [-0.1, -0.05) is 80.0 Å². The standard InChI is InChI=1S/C10H15NO.C10H15N.C9H12ClN/c1-10(2,3)8-5-9(12-4)7-11-6-8;1-8-5-9(7-11-6-8)10(2,3)4;1-9(2,3)7-4-8(10)6-11-5-7/h5-7H,1-4H3;5-7H,1-4H3;4-6H,1-3H3. The van der Waals surface area contributed by atoms with E-state index >= 15 is 0 Å². The summed E-state index contributed by atoms with van der Waals surface area (Å²) in [5, 5.41) is 0.706. The molecule has 34 heavy (non-hydrogen) atoms. The number of hydrogen-bond donors (Lipinski definition) is 0. The second kappa shape index (κ2) is 12.3. The number of halogens is 1. The van der Waals surface area contributed by atoms with Crippen LogP contribution in [0.25, 0.3) is 0 Å². The summed E-state index contributed by atoms with van der Waals surface area (Å²) in [5.74, 6) is 0.822. The SMILES string of the molecule is CC(C)(C)c1cncc(Cl)c1.COc1cncc(C(C)(C)C)c1.Cc1cncc(C(C)(C)C)c1. The highest BCUT2D eigenvalue weighted by atomic mass is 35.5. The summed E-state index contributed by atoms with van der Waals surface area (Å²) in [6, 6.07) is 6.16. The zero-order valence-corrected chi connectivity index (χ0v) is 23.6. The minimum Gasteiger partial charge on any atom is -0.495 e. The Morgan fingerprint density at radius 1 is 0.588 bits per heavy atom. The Balaban J connectivity index is 0.000000255. The lowest BCUT2D eigenvalue weighted by Crippen LogP contribution is -2.11. The number of ether oxygens (including phenoxy) is 1. The van der Waals surface area contributed by atoms with Gasteiger partial charge in [0.1, 0.15) is 5.75 Å². The van der Waals surface area contributed by atoms with Gasteiger partial charge >= 0.3 is 0 Å². The van der Waals surface area contributed by atoms with Gasteiger partial charge in [-0.15, -0.1) is 0 Å². The van der Waals surface area contributed by atoms with Crippen molar-refractivity contribution in [2.24, 2.45) is 0 Å². The number of aromatic nitrogens is 3. The Morgan fingerprint density at radius 3 is 1.35 bits per heavy atom. The van der Waals surface area contributed by atoms with Crippen molar-refractivity contribution < 1.29 is 4.74 Å². The van der Waals surface area contributed by atoms with Crippen molar-refractivity contribution in [3.05, 3.63) is 82.7 Å². The zero-order valence-electron chi connectivity index (χ0n) is 22.8. The molecule has 0 aliphatic heterocycles. The van der Waals surface area contributed by atoms with Gasteiger partial charge in [-0.2, -0.15) is 0 Å². The van der Waals surface area contributed by atoms with Gasteiger partial charge in [-0.3, -0.25) is 15.0 Å². The molecule has 3 aromatic heterocycles. The van der Waals surface area contributed by atoms with Gasteiger partial charge in [0.05, 0.1) is 18.3 Å². The highest BCUT2D eigenvalue weighted by molar-refractivity contribution is 6.30. The molecule has 0 saturated carbocycles. The molecular formula is C29H42ClN3O. The average Bonchev–Trinajstić information content (AvgIpc) is 2.73. The molecule has 3 heterocycles. The van der Waals surface area contributed by atoms with Crippen molar-refractivity contribution in [2.45, 2.75) is 85.5 Å². The smallest absolute Gasteiger partial charge is 0.137 e. The van der Waals surface area contributed by atoms with E-state index in [1.807, 2.05) is 36.9 Å². The van der Waals surface area contributed by atoms with E-state index in [1.165, 1.54) is 22.3 Å². The lowest BCUT2D eigenvalue weighted by Gasteiger charge is -2.18. The van der Waals surface area contributed by atoms with Crippen LogP contribution in [0.2, 0.25) is 5.02 Å². The monoisotopic (exact) mass is 483 g/mol. The van der Waals surface area contributed by atoms with Gasteiger partial charge < -0.3 is 4.74 Å². The molecule has 186 valence electrons. The molecule has 3 aromatic rings. The number of pyridine rings is 3. The topological polar surface area (TPSA) is 47.9 Å². The molecule has 0 amide bonds. The lowest BCUT2D eigenvalue weighted by atomic mass is 9.88. The van der Waals surface area contributed by atoms with Crippen LogP contribution in [0.5, 0.6) is 5.75 Å². The fourth-order valence-electron chi connectivity index (χ4n) is 2.73. The van der Waals surface area contributed by atoms with E-state index in [9.17, 15) is 0 Å². The third-order valence-electron chi connectivity index (χ3n) is 5.13. The van der Waals surface area contributed by atoms with Crippen molar-refractivity contribution in [3.8, 4) is 5.75 Å². The summed E-state index contributed by atoms with van der Waals surface area (Å²) in [6.45, 7) is 21.6. The highest BCUT2D eigenvalue weighted by Crippen LogP contribution is 2.24. The molecule has 3 rings (SSSR count). The van der Waals surface area contributed by atoms with E-state index in [2.05, 4.69) is 90.3 Å². The van der Waals surface area contributed by atoms with Gasteiger partial charge in [0.15, 0.2) is 0 Å². The molecule has 0 radical (unpaired) electrons. The van der Waals surface area contributed by atoms with E-state index in [1.54, 1.807) is 19.5 Å². The molecule has 0 saturated heterocycles. The lowest BCUT2D eigenvalue weighted by molar-refractivity contribution is 0.410. The third-order valence-corrected chi connectivity index (χ3v) is 5.33. The van der Waals surface area contributed by atoms with Crippen LogP contribution in [0.4, 0.5) is 0 Å². The Labute approximate surface area is 212 Å². The van der Waals surface area contributed by atoms with E-state index in [0.717, 1.165) is 5.75 Å². The minimum absolute atomic E-state index is 0.137. The first-order chi connectivity index (χ1) is 15.5. The van der Waals surface area contributed by atoms with E-state index in [0.29, 0.717) is 5.02 Å². The quantitative estimate of drug-likeness (QED) is 0.350. The van der Waals surface area contributed by atoms with Crippen molar-refractivity contribution in [1.82, 2.24) is 15.0 Å². The third kappa shape index (κ3) is 10.6. The van der Waals surface area contributed by atoms with E-state index in [4.69, 9.17) is 16.3 Å². The van der Waals surface area contributed by atoms with Crippen molar-refractivity contribution >= 4 is 11.6 Å². The number of rotatable bonds is 1. The fourth-order valence-corrected chi connectivity index (χ4v) is 2.90. The second-order valence-corrected chi connectivity index (χ2v) is 11.9. The van der Waals surface area contributed by atoms with Crippen molar-refractivity contribution in [1.29, 1.82) is 0 Å². The molecule has 0 atom stereocenters. The Kier molecular flexibility index (Phi) is 10.7. The molecule has 0 aliphatic rings. The number of aryl methyl sites for hydroxylation is 1. The van der Waals surface area contributed by atoms with Crippen LogP contribution in [0.15, 0.2) is 55.4 Å². The second-order valence-electron chi connectivity index (χ2n) is 11.5. The van der Waals surface area contributed by atoms with Crippen LogP contribution in [0, 0.1) is 6.92 Å². The number of hydrogen-bond acceptors (Lipinski definition) is 4. The molecular weight excluding hydrogens is 442 g/mol.